The van der Waals surface area contributed by atoms with Gasteiger partial charge in [-0.25, -0.2) is 9.97 Å². The van der Waals surface area contributed by atoms with Gasteiger partial charge in [-0.2, -0.15) is 0 Å². The van der Waals surface area contributed by atoms with Crippen molar-refractivity contribution in [2.24, 2.45) is 0 Å². The smallest absolute Gasteiger partial charge is 0.180 e. The summed E-state index contributed by atoms with van der Waals surface area (Å²) in [6.45, 7) is 4.49. The van der Waals surface area contributed by atoms with Crippen molar-refractivity contribution in [3.63, 3.8) is 0 Å². The number of aryl methyl sites for hydroxylation is 1. The van der Waals surface area contributed by atoms with Crippen molar-refractivity contribution < 1.29 is 9.84 Å². The number of fused-ring (bicyclic) bond motifs is 1. The fraction of sp³-hybridized carbons (Fsp3) is 0.409. The van der Waals surface area contributed by atoms with Crippen molar-refractivity contribution in [1.29, 1.82) is 0 Å². The number of pyridine rings is 1. The van der Waals surface area contributed by atoms with Crippen molar-refractivity contribution >= 4 is 16.6 Å². The van der Waals surface area contributed by atoms with Crippen LogP contribution in [0.2, 0.25) is 0 Å². The van der Waals surface area contributed by atoms with Gasteiger partial charge in [0.25, 0.3) is 0 Å². The van der Waals surface area contributed by atoms with Crippen LogP contribution in [0.25, 0.3) is 10.8 Å². The predicted molar refractivity (Wildman–Crippen MR) is 111 cm³/mol. The van der Waals surface area contributed by atoms with Crippen LogP contribution >= 0.6 is 0 Å². The topological polar surface area (TPSA) is 80.2 Å². The van der Waals surface area contributed by atoms with E-state index in [0.717, 1.165) is 35.7 Å². The molecule has 0 amide bonds. The first-order valence-corrected chi connectivity index (χ1v) is 9.87. The highest BCUT2D eigenvalue weighted by molar-refractivity contribution is 5.84. The van der Waals surface area contributed by atoms with E-state index in [-0.39, 0.29) is 12.6 Å². The molecule has 1 aromatic carbocycles. The van der Waals surface area contributed by atoms with Gasteiger partial charge in [0.15, 0.2) is 11.6 Å². The average Bonchev–Trinajstić information content (AvgIpc) is 2.71. The Morgan fingerprint density at radius 2 is 2.00 bits per heavy atom. The van der Waals surface area contributed by atoms with Crippen LogP contribution in [0.4, 0.5) is 5.82 Å². The summed E-state index contributed by atoms with van der Waals surface area (Å²) in [5.74, 6) is 1.94. The van der Waals surface area contributed by atoms with E-state index < -0.39 is 0 Å². The first-order valence-electron chi connectivity index (χ1n) is 9.87. The van der Waals surface area contributed by atoms with E-state index in [4.69, 9.17) is 4.74 Å². The number of ether oxygens (including phenoxy) is 1. The minimum absolute atomic E-state index is 0.140. The summed E-state index contributed by atoms with van der Waals surface area (Å²) in [6, 6.07) is 10.3. The van der Waals surface area contributed by atoms with Gasteiger partial charge < -0.3 is 15.2 Å². The highest BCUT2D eigenvalue weighted by Gasteiger charge is 2.14. The number of rotatable bonds is 10. The standard InChI is InChI=1S/C22H28N4O2/c1-3-4-8-18(11-13-27)26-22-21(14-24-16(2)25-22)28-15-20-19-9-6-5-7-17(19)10-12-23-20/h5-7,9-10,12,14,18,27H,3-4,8,11,13,15H2,1-2H3,(H,24,25,26)/t18-/m0/s1. The van der Waals surface area contributed by atoms with E-state index >= 15 is 0 Å². The van der Waals surface area contributed by atoms with Crippen LogP contribution in [0.5, 0.6) is 5.75 Å². The van der Waals surface area contributed by atoms with Crippen LogP contribution in [0, 0.1) is 6.92 Å². The zero-order chi connectivity index (χ0) is 19.8. The van der Waals surface area contributed by atoms with E-state index in [9.17, 15) is 5.11 Å². The van der Waals surface area contributed by atoms with Gasteiger partial charge in [0.2, 0.25) is 0 Å². The molecule has 2 aromatic heterocycles. The highest BCUT2D eigenvalue weighted by atomic mass is 16.5. The van der Waals surface area contributed by atoms with Crippen LogP contribution in [-0.4, -0.2) is 32.7 Å². The summed E-state index contributed by atoms with van der Waals surface area (Å²) in [5, 5.41) is 15.0. The number of anilines is 1. The summed E-state index contributed by atoms with van der Waals surface area (Å²) >= 11 is 0. The predicted octanol–water partition coefficient (Wildman–Crippen LogP) is 4.27. The zero-order valence-corrected chi connectivity index (χ0v) is 16.6. The number of benzene rings is 1. The molecule has 3 rings (SSSR count). The number of aliphatic hydroxyl groups is 1. The molecule has 0 spiro atoms. The van der Waals surface area contributed by atoms with Crippen LogP contribution < -0.4 is 10.1 Å². The van der Waals surface area contributed by atoms with Gasteiger partial charge in [-0.05, 0) is 31.2 Å². The zero-order valence-electron chi connectivity index (χ0n) is 16.6. The highest BCUT2D eigenvalue weighted by Crippen LogP contribution is 2.25. The third-order valence-corrected chi connectivity index (χ3v) is 4.72. The molecule has 0 saturated heterocycles. The van der Waals surface area contributed by atoms with Gasteiger partial charge in [-0.3, -0.25) is 4.98 Å². The minimum Gasteiger partial charge on any atom is -0.482 e. The fourth-order valence-electron chi connectivity index (χ4n) is 3.20. The van der Waals surface area contributed by atoms with Gasteiger partial charge in [-0.1, -0.05) is 44.0 Å². The molecule has 6 nitrogen and oxygen atoms in total. The molecule has 148 valence electrons. The Kier molecular flexibility index (Phi) is 7.14. The molecule has 0 bridgehead atoms. The molecule has 28 heavy (non-hydrogen) atoms. The molecular formula is C22H28N4O2. The van der Waals surface area contributed by atoms with Crippen molar-refractivity contribution in [1.82, 2.24) is 15.0 Å². The molecule has 3 aromatic rings. The largest absolute Gasteiger partial charge is 0.482 e. The Bertz CT molecular complexity index is 895. The van der Waals surface area contributed by atoms with Crippen LogP contribution in [0.1, 0.15) is 44.1 Å². The molecule has 0 aliphatic rings. The fourth-order valence-corrected chi connectivity index (χ4v) is 3.20. The number of unbranched alkanes of at least 4 members (excludes halogenated alkanes) is 1. The van der Waals surface area contributed by atoms with Gasteiger partial charge >= 0.3 is 0 Å². The molecule has 0 aliphatic heterocycles. The van der Waals surface area contributed by atoms with Gasteiger partial charge in [0.05, 0.1) is 11.9 Å². The summed E-state index contributed by atoms with van der Waals surface area (Å²) < 4.78 is 6.06. The van der Waals surface area contributed by atoms with Crippen molar-refractivity contribution in [3.8, 4) is 5.75 Å². The third kappa shape index (κ3) is 5.16. The Balaban J connectivity index is 1.78. The Hall–Kier alpha value is -2.73. The lowest BCUT2D eigenvalue weighted by Crippen LogP contribution is -2.22. The summed E-state index contributed by atoms with van der Waals surface area (Å²) in [5.41, 5.74) is 0.877. The maximum absolute atomic E-state index is 9.38. The van der Waals surface area contributed by atoms with E-state index in [2.05, 4.69) is 33.3 Å². The molecule has 1 atom stereocenters. The lowest BCUT2D eigenvalue weighted by molar-refractivity contribution is 0.275. The van der Waals surface area contributed by atoms with Gasteiger partial charge in [-0.15, -0.1) is 0 Å². The normalized spacial score (nSPS) is 12.1. The number of aromatic nitrogens is 3. The summed E-state index contributed by atoms with van der Waals surface area (Å²) in [7, 11) is 0. The van der Waals surface area contributed by atoms with Gasteiger partial charge in [0.1, 0.15) is 12.4 Å². The first-order chi connectivity index (χ1) is 13.7. The second kappa shape index (κ2) is 9.99. The lowest BCUT2D eigenvalue weighted by Gasteiger charge is -2.20. The molecule has 0 saturated carbocycles. The van der Waals surface area contributed by atoms with Crippen LogP contribution in [-0.2, 0) is 6.61 Å². The Labute approximate surface area is 166 Å². The lowest BCUT2D eigenvalue weighted by atomic mass is 10.1. The molecule has 6 heteroatoms. The van der Waals surface area contributed by atoms with E-state index in [1.54, 1.807) is 12.4 Å². The molecular weight excluding hydrogens is 352 g/mol. The number of hydrogen-bond donors (Lipinski definition) is 2. The number of hydrogen-bond acceptors (Lipinski definition) is 6. The molecule has 2 N–H and O–H groups in total. The summed E-state index contributed by atoms with van der Waals surface area (Å²) in [6.07, 6.45) is 7.36. The van der Waals surface area contributed by atoms with E-state index in [1.807, 2.05) is 31.2 Å². The van der Waals surface area contributed by atoms with Crippen molar-refractivity contribution in [2.75, 3.05) is 11.9 Å². The maximum Gasteiger partial charge on any atom is 0.180 e. The monoisotopic (exact) mass is 380 g/mol. The van der Waals surface area contributed by atoms with Gasteiger partial charge in [0, 0.05) is 24.2 Å². The van der Waals surface area contributed by atoms with Crippen LogP contribution in [0.15, 0.2) is 42.7 Å². The SMILES string of the molecule is CCCC[C@@H](CCO)Nc1nc(C)ncc1OCc1nccc2ccccc12. The van der Waals surface area contributed by atoms with Crippen molar-refractivity contribution in [3.05, 3.63) is 54.2 Å². The summed E-state index contributed by atoms with van der Waals surface area (Å²) in [4.78, 5) is 13.3. The number of nitrogens with one attached hydrogen (secondary N) is 1. The van der Waals surface area contributed by atoms with E-state index in [1.165, 1.54) is 0 Å². The Morgan fingerprint density at radius 1 is 1.14 bits per heavy atom. The number of nitrogens with zero attached hydrogens (tertiary/aromatic N) is 3. The first kappa shape index (κ1) is 20.0. The molecule has 2 heterocycles. The quantitative estimate of drug-likeness (QED) is 0.547. The molecule has 0 fully saturated rings. The number of aliphatic hydroxyl groups excluding tert-OH is 1. The van der Waals surface area contributed by atoms with Crippen LogP contribution in [0.3, 0.4) is 0 Å². The maximum atomic E-state index is 9.38. The molecule has 0 radical (unpaired) electrons. The Morgan fingerprint density at radius 3 is 2.82 bits per heavy atom. The minimum atomic E-state index is 0.140. The second-order valence-corrected chi connectivity index (χ2v) is 6.89. The average molecular weight is 380 g/mol. The van der Waals surface area contributed by atoms with Crippen molar-refractivity contribution in [2.45, 2.75) is 52.2 Å². The molecule has 0 aliphatic carbocycles. The van der Waals surface area contributed by atoms with E-state index in [0.29, 0.717) is 30.4 Å². The third-order valence-electron chi connectivity index (χ3n) is 4.72. The second-order valence-electron chi connectivity index (χ2n) is 6.89. The molecule has 0 unspecified atom stereocenters.